The van der Waals surface area contributed by atoms with Gasteiger partial charge in [0.15, 0.2) is 11.0 Å². The van der Waals surface area contributed by atoms with E-state index in [1.807, 2.05) is 0 Å². The van der Waals surface area contributed by atoms with Crippen LogP contribution < -0.4 is 5.32 Å². The normalized spacial score (nSPS) is 10.8. The minimum atomic E-state index is -0.368. The third-order valence-electron chi connectivity index (χ3n) is 3.73. The number of carbonyl (C=O) groups is 1. The summed E-state index contributed by atoms with van der Waals surface area (Å²) in [6, 6.07) is 10.5. The number of aryl methyl sites for hydroxylation is 1. The number of carbonyl (C=O) groups excluding carboxylic acids is 1. The number of anilines is 1. The van der Waals surface area contributed by atoms with Crippen LogP contribution in [-0.4, -0.2) is 26.4 Å². The molecule has 134 valence electrons. The van der Waals surface area contributed by atoms with Gasteiger partial charge in [0.25, 0.3) is 0 Å². The summed E-state index contributed by atoms with van der Waals surface area (Å²) in [5, 5.41) is 11.3. The maximum Gasteiger partial charge on any atom is 0.234 e. The average molecular weight is 374 g/mol. The van der Waals surface area contributed by atoms with Crippen LogP contribution in [0.2, 0.25) is 0 Å². The van der Waals surface area contributed by atoms with Crippen molar-refractivity contribution in [3.63, 3.8) is 0 Å². The Morgan fingerprint density at radius 1 is 1.15 bits per heavy atom. The molecule has 2 aromatic carbocycles. The minimum absolute atomic E-state index is 0.102. The molecule has 0 bridgehead atoms. The number of halogens is 2. The Hall–Kier alpha value is -2.74. The number of aromatic nitrogens is 3. The van der Waals surface area contributed by atoms with Gasteiger partial charge in [-0.15, -0.1) is 10.2 Å². The van der Waals surface area contributed by atoms with Crippen molar-refractivity contribution in [3.05, 3.63) is 59.7 Å². The van der Waals surface area contributed by atoms with Crippen molar-refractivity contribution in [1.29, 1.82) is 0 Å². The fourth-order valence-electron chi connectivity index (χ4n) is 2.29. The van der Waals surface area contributed by atoms with Crippen molar-refractivity contribution in [2.45, 2.75) is 12.1 Å². The summed E-state index contributed by atoms with van der Waals surface area (Å²) in [4.78, 5) is 12.1. The zero-order chi connectivity index (χ0) is 18.7. The summed E-state index contributed by atoms with van der Waals surface area (Å²) < 4.78 is 28.3. The first-order valence-electron chi connectivity index (χ1n) is 7.78. The Morgan fingerprint density at radius 2 is 1.88 bits per heavy atom. The molecule has 1 N–H and O–H groups in total. The zero-order valence-corrected chi connectivity index (χ0v) is 15.0. The molecule has 0 radical (unpaired) electrons. The van der Waals surface area contributed by atoms with Gasteiger partial charge in [-0.1, -0.05) is 17.8 Å². The Balaban J connectivity index is 1.63. The molecule has 0 aliphatic rings. The van der Waals surface area contributed by atoms with Crippen LogP contribution in [0.15, 0.2) is 47.6 Å². The van der Waals surface area contributed by atoms with Crippen LogP contribution in [-0.2, 0) is 11.8 Å². The van der Waals surface area contributed by atoms with Gasteiger partial charge < -0.3 is 9.88 Å². The van der Waals surface area contributed by atoms with Crippen LogP contribution in [0.25, 0.3) is 11.4 Å². The summed E-state index contributed by atoms with van der Waals surface area (Å²) in [5.74, 6) is -0.286. The molecule has 0 aliphatic heterocycles. The van der Waals surface area contributed by atoms with Gasteiger partial charge in [0.2, 0.25) is 5.91 Å². The number of hydrogen-bond acceptors (Lipinski definition) is 4. The van der Waals surface area contributed by atoms with E-state index in [9.17, 15) is 13.6 Å². The molecule has 5 nitrogen and oxygen atoms in total. The smallest absolute Gasteiger partial charge is 0.234 e. The van der Waals surface area contributed by atoms with E-state index in [-0.39, 0.29) is 23.3 Å². The largest absolute Gasteiger partial charge is 0.325 e. The van der Waals surface area contributed by atoms with Crippen LogP contribution in [0.4, 0.5) is 14.5 Å². The Morgan fingerprint density at radius 3 is 2.58 bits per heavy atom. The lowest BCUT2D eigenvalue weighted by Gasteiger charge is -2.06. The second-order valence-corrected chi connectivity index (χ2v) is 6.62. The van der Waals surface area contributed by atoms with E-state index in [0.29, 0.717) is 22.2 Å². The van der Waals surface area contributed by atoms with Crippen molar-refractivity contribution < 1.29 is 13.6 Å². The molecular weight excluding hydrogens is 358 g/mol. The summed E-state index contributed by atoms with van der Waals surface area (Å²) >= 11 is 1.21. The van der Waals surface area contributed by atoms with E-state index in [1.165, 1.54) is 30.0 Å². The fraction of sp³-hybridized carbons (Fsp3) is 0.167. The standard InChI is InChI=1S/C18H16F2N4OS/c1-11-3-8-14(9-15(11)20)21-16(25)10-26-18-23-22-17(24(18)2)12-4-6-13(19)7-5-12/h3-9H,10H2,1-2H3,(H,21,25). The number of nitrogens with one attached hydrogen (secondary N) is 1. The predicted octanol–water partition coefficient (Wildman–Crippen LogP) is 3.80. The quantitative estimate of drug-likeness (QED) is 0.690. The monoisotopic (exact) mass is 374 g/mol. The highest BCUT2D eigenvalue weighted by Crippen LogP contribution is 2.23. The van der Waals surface area contributed by atoms with Gasteiger partial charge in [-0.2, -0.15) is 0 Å². The first-order chi connectivity index (χ1) is 12.4. The van der Waals surface area contributed by atoms with Gasteiger partial charge in [-0.3, -0.25) is 4.79 Å². The van der Waals surface area contributed by atoms with Gasteiger partial charge in [0.05, 0.1) is 5.75 Å². The lowest BCUT2D eigenvalue weighted by molar-refractivity contribution is -0.113. The molecule has 0 saturated heterocycles. The van der Waals surface area contributed by atoms with E-state index in [0.717, 1.165) is 5.56 Å². The lowest BCUT2D eigenvalue weighted by Crippen LogP contribution is -2.14. The minimum Gasteiger partial charge on any atom is -0.325 e. The van der Waals surface area contributed by atoms with E-state index in [4.69, 9.17) is 0 Å². The predicted molar refractivity (Wildman–Crippen MR) is 96.9 cm³/mol. The molecule has 3 aromatic rings. The first-order valence-corrected chi connectivity index (χ1v) is 8.77. The SMILES string of the molecule is Cc1ccc(NC(=O)CSc2nnc(-c3ccc(F)cc3)n2C)cc1F. The Bertz CT molecular complexity index is 941. The second kappa shape index (κ2) is 7.65. The molecular formula is C18H16F2N4OS. The molecule has 0 aliphatic carbocycles. The summed E-state index contributed by atoms with van der Waals surface area (Å²) in [5.41, 5.74) is 1.65. The van der Waals surface area contributed by atoms with Gasteiger partial charge in [0, 0.05) is 18.3 Å². The average Bonchev–Trinajstić information content (AvgIpc) is 2.98. The summed E-state index contributed by atoms with van der Waals surface area (Å²) in [6.07, 6.45) is 0. The molecule has 26 heavy (non-hydrogen) atoms. The van der Waals surface area contributed by atoms with Crippen LogP contribution in [0.3, 0.4) is 0 Å². The van der Waals surface area contributed by atoms with E-state index in [2.05, 4.69) is 15.5 Å². The van der Waals surface area contributed by atoms with Crippen molar-refractivity contribution in [3.8, 4) is 11.4 Å². The van der Waals surface area contributed by atoms with Crippen molar-refractivity contribution in [1.82, 2.24) is 14.8 Å². The van der Waals surface area contributed by atoms with Crippen molar-refractivity contribution in [2.24, 2.45) is 7.05 Å². The topological polar surface area (TPSA) is 59.8 Å². The molecule has 0 fully saturated rings. The first kappa shape index (κ1) is 18.1. The highest BCUT2D eigenvalue weighted by atomic mass is 32.2. The van der Waals surface area contributed by atoms with Crippen LogP contribution >= 0.6 is 11.8 Å². The van der Waals surface area contributed by atoms with Crippen LogP contribution in [0.1, 0.15) is 5.56 Å². The molecule has 1 amide bonds. The fourth-order valence-corrected chi connectivity index (χ4v) is 3.00. The van der Waals surface area contributed by atoms with Gasteiger partial charge in [0.1, 0.15) is 11.6 Å². The van der Waals surface area contributed by atoms with Gasteiger partial charge >= 0.3 is 0 Å². The molecule has 0 saturated carbocycles. The van der Waals surface area contributed by atoms with E-state index < -0.39 is 0 Å². The zero-order valence-electron chi connectivity index (χ0n) is 14.2. The van der Waals surface area contributed by atoms with E-state index >= 15 is 0 Å². The molecule has 0 atom stereocenters. The number of rotatable bonds is 5. The van der Waals surface area contributed by atoms with Gasteiger partial charge in [-0.25, -0.2) is 8.78 Å². The van der Waals surface area contributed by atoms with Crippen molar-refractivity contribution >= 4 is 23.4 Å². The Kier molecular flexibility index (Phi) is 5.32. The lowest BCUT2D eigenvalue weighted by atomic mass is 10.2. The molecule has 0 spiro atoms. The number of benzene rings is 2. The number of nitrogens with zero attached hydrogens (tertiary/aromatic N) is 3. The maximum atomic E-state index is 13.5. The van der Waals surface area contributed by atoms with E-state index in [1.54, 1.807) is 42.8 Å². The number of thioether (sulfide) groups is 1. The van der Waals surface area contributed by atoms with Crippen molar-refractivity contribution in [2.75, 3.05) is 11.1 Å². The third kappa shape index (κ3) is 4.08. The third-order valence-corrected chi connectivity index (χ3v) is 4.75. The Labute approximate surface area is 153 Å². The highest BCUT2D eigenvalue weighted by molar-refractivity contribution is 7.99. The number of amides is 1. The number of hydrogen-bond donors (Lipinski definition) is 1. The molecule has 8 heteroatoms. The molecule has 1 heterocycles. The molecule has 0 unspecified atom stereocenters. The van der Waals surface area contributed by atoms with Crippen LogP contribution in [0, 0.1) is 18.6 Å². The molecule has 1 aromatic heterocycles. The molecule has 3 rings (SSSR count). The second-order valence-electron chi connectivity index (χ2n) is 5.67. The highest BCUT2D eigenvalue weighted by Gasteiger charge is 2.13. The van der Waals surface area contributed by atoms with Crippen LogP contribution in [0.5, 0.6) is 0 Å². The summed E-state index contributed by atoms with van der Waals surface area (Å²) in [7, 11) is 1.77. The maximum absolute atomic E-state index is 13.5. The van der Waals surface area contributed by atoms with Gasteiger partial charge in [-0.05, 0) is 48.9 Å². The summed E-state index contributed by atoms with van der Waals surface area (Å²) in [6.45, 7) is 1.66.